The highest BCUT2D eigenvalue weighted by Crippen LogP contribution is 2.21. The van der Waals surface area contributed by atoms with E-state index in [4.69, 9.17) is 16.7 Å². The fourth-order valence-corrected chi connectivity index (χ4v) is 2.18. The van der Waals surface area contributed by atoms with Gasteiger partial charge in [-0.05, 0) is 48.5 Å². The average molecular weight is 369 g/mol. The maximum Gasteiger partial charge on any atom is 0.323 e. The molecule has 1 N–H and O–H groups in total. The summed E-state index contributed by atoms with van der Waals surface area (Å²) >= 11 is 9.10. The molecule has 4 nitrogen and oxygen atoms in total. The first-order chi connectivity index (χ1) is 9.97. The van der Waals surface area contributed by atoms with Crippen LogP contribution in [-0.2, 0) is 4.79 Å². The first-order valence-electron chi connectivity index (χ1n) is 6.02. The van der Waals surface area contributed by atoms with Crippen molar-refractivity contribution in [3.63, 3.8) is 0 Å². The minimum Gasteiger partial charge on any atom is -0.480 e. The van der Waals surface area contributed by atoms with Crippen LogP contribution in [0.25, 0.3) is 0 Å². The molecule has 0 saturated heterocycles. The first-order valence-corrected chi connectivity index (χ1v) is 7.19. The normalized spacial score (nSPS) is 10.2. The number of aliphatic carboxylic acids is 1. The van der Waals surface area contributed by atoms with Crippen molar-refractivity contribution in [1.29, 1.82) is 0 Å². The summed E-state index contributed by atoms with van der Waals surface area (Å²) in [7, 11) is 0. The number of carbonyl (C=O) groups is 2. The van der Waals surface area contributed by atoms with E-state index in [-0.39, 0.29) is 5.91 Å². The van der Waals surface area contributed by atoms with Gasteiger partial charge in [-0.1, -0.05) is 27.5 Å². The molecule has 0 saturated carbocycles. The van der Waals surface area contributed by atoms with Crippen molar-refractivity contribution >= 4 is 45.1 Å². The Bertz CT molecular complexity index is 656. The van der Waals surface area contributed by atoms with E-state index in [1.165, 1.54) is 4.90 Å². The van der Waals surface area contributed by atoms with Crippen molar-refractivity contribution in [2.24, 2.45) is 0 Å². The number of rotatable bonds is 4. The highest BCUT2D eigenvalue weighted by atomic mass is 79.9. The van der Waals surface area contributed by atoms with E-state index in [9.17, 15) is 9.59 Å². The van der Waals surface area contributed by atoms with E-state index in [0.717, 1.165) is 4.47 Å². The van der Waals surface area contributed by atoms with Crippen LogP contribution in [-0.4, -0.2) is 23.5 Å². The number of anilines is 1. The Morgan fingerprint density at radius 2 is 1.62 bits per heavy atom. The van der Waals surface area contributed by atoms with Crippen molar-refractivity contribution in [3.8, 4) is 0 Å². The monoisotopic (exact) mass is 367 g/mol. The summed E-state index contributed by atoms with van der Waals surface area (Å²) in [5.74, 6) is -1.47. The van der Waals surface area contributed by atoms with Crippen LogP contribution in [0.15, 0.2) is 53.0 Å². The summed E-state index contributed by atoms with van der Waals surface area (Å²) in [4.78, 5) is 24.7. The van der Waals surface area contributed by atoms with Gasteiger partial charge in [-0.15, -0.1) is 0 Å². The van der Waals surface area contributed by atoms with Gasteiger partial charge in [-0.2, -0.15) is 0 Å². The van der Waals surface area contributed by atoms with Gasteiger partial charge in [-0.3, -0.25) is 14.5 Å². The van der Waals surface area contributed by atoms with Crippen LogP contribution in [0.5, 0.6) is 0 Å². The maximum absolute atomic E-state index is 12.5. The standard InChI is InChI=1S/C15H11BrClNO3/c16-11-3-1-10(2-4-11)15(21)18(9-14(19)20)13-7-5-12(17)6-8-13/h1-8H,9H2,(H,19,20). The number of amides is 1. The van der Waals surface area contributed by atoms with E-state index >= 15 is 0 Å². The lowest BCUT2D eigenvalue weighted by Gasteiger charge is -2.21. The Morgan fingerprint density at radius 1 is 1.05 bits per heavy atom. The molecule has 0 aromatic heterocycles. The molecule has 108 valence electrons. The summed E-state index contributed by atoms with van der Waals surface area (Å²) in [6.45, 7) is -0.420. The predicted molar refractivity (Wildman–Crippen MR) is 84.9 cm³/mol. The van der Waals surface area contributed by atoms with Gasteiger partial charge >= 0.3 is 5.97 Å². The molecule has 0 aliphatic heterocycles. The third kappa shape index (κ3) is 4.06. The Morgan fingerprint density at radius 3 is 2.14 bits per heavy atom. The van der Waals surface area contributed by atoms with Crippen molar-refractivity contribution < 1.29 is 14.7 Å². The summed E-state index contributed by atoms with van der Waals surface area (Å²) in [5, 5.41) is 9.53. The van der Waals surface area contributed by atoms with Crippen molar-refractivity contribution in [2.45, 2.75) is 0 Å². The molecular weight excluding hydrogens is 358 g/mol. The number of halogens is 2. The molecule has 0 unspecified atom stereocenters. The maximum atomic E-state index is 12.5. The molecule has 0 atom stereocenters. The van der Waals surface area contributed by atoms with Crippen molar-refractivity contribution in [3.05, 3.63) is 63.6 Å². The van der Waals surface area contributed by atoms with Gasteiger partial charge in [0.1, 0.15) is 6.54 Å². The topological polar surface area (TPSA) is 57.6 Å². The minimum atomic E-state index is -1.09. The lowest BCUT2D eigenvalue weighted by molar-refractivity contribution is -0.135. The van der Waals surface area contributed by atoms with Crippen molar-refractivity contribution in [2.75, 3.05) is 11.4 Å². The van der Waals surface area contributed by atoms with Gasteiger partial charge in [0, 0.05) is 20.7 Å². The lowest BCUT2D eigenvalue weighted by atomic mass is 10.2. The Hall–Kier alpha value is -1.85. The van der Waals surface area contributed by atoms with E-state index in [0.29, 0.717) is 16.3 Å². The first kappa shape index (κ1) is 15.5. The minimum absolute atomic E-state index is 0.382. The molecule has 21 heavy (non-hydrogen) atoms. The molecule has 2 rings (SSSR count). The van der Waals surface area contributed by atoms with Crippen LogP contribution < -0.4 is 4.90 Å². The van der Waals surface area contributed by atoms with Crippen LogP contribution in [0, 0.1) is 0 Å². The number of carbonyl (C=O) groups excluding carboxylic acids is 1. The van der Waals surface area contributed by atoms with Gasteiger partial charge in [0.25, 0.3) is 5.91 Å². The predicted octanol–water partition coefficient (Wildman–Crippen LogP) is 3.83. The summed E-state index contributed by atoms with van der Waals surface area (Å²) < 4.78 is 0.843. The third-order valence-electron chi connectivity index (χ3n) is 2.77. The lowest BCUT2D eigenvalue weighted by Crippen LogP contribution is -2.35. The average Bonchev–Trinajstić information content (AvgIpc) is 2.46. The Balaban J connectivity index is 2.35. The van der Waals surface area contributed by atoms with Gasteiger partial charge in [0.15, 0.2) is 0 Å². The number of benzene rings is 2. The number of carboxylic acids is 1. The van der Waals surface area contributed by atoms with Crippen LogP contribution >= 0.6 is 27.5 Å². The third-order valence-corrected chi connectivity index (χ3v) is 3.55. The summed E-state index contributed by atoms with van der Waals surface area (Å²) in [6.07, 6.45) is 0. The Labute approximate surface area is 135 Å². The van der Waals surface area contributed by atoms with E-state index in [1.807, 2.05) is 0 Å². The second kappa shape index (κ2) is 6.74. The second-order valence-corrected chi connectivity index (χ2v) is 5.62. The highest BCUT2D eigenvalue weighted by molar-refractivity contribution is 9.10. The zero-order chi connectivity index (χ0) is 15.4. The zero-order valence-electron chi connectivity index (χ0n) is 10.8. The molecule has 0 aliphatic carbocycles. The fourth-order valence-electron chi connectivity index (χ4n) is 1.78. The molecule has 1 amide bonds. The molecule has 0 fully saturated rings. The van der Waals surface area contributed by atoms with E-state index in [1.54, 1.807) is 48.5 Å². The van der Waals surface area contributed by atoms with Crippen LogP contribution in [0.1, 0.15) is 10.4 Å². The zero-order valence-corrected chi connectivity index (χ0v) is 13.1. The van der Waals surface area contributed by atoms with Crippen LogP contribution in [0.4, 0.5) is 5.69 Å². The smallest absolute Gasteiger partial charge is 0.323 e. The van der Waals surface area contributed by atoms with Gasteiger partial charge in [0.2, 0.25) is 0 Å². The number of nitrogens with zero attached hydrogens (tertiary/aromatic N) is 1. The summed E-state index contributed by atoms with van der Waals surface area (Å²) in [5.41, 5.74) is 0.893. The molecule has 0 radical (unpaired) electrons. The Kier molecular flexibility index (Phi) is 4.98. The molecule has 0 bridgehead atoms. The fraction of sp³-hybridized carbons (Fsp3) is 0.0667. The molecule has 0 heterocycles. The molecule has 6 heteroatoms. The van der Waals surface area contributed by atoms with Gasteiger partial charge < -0.3 is 5.11 Å². The molecule has 0 spiro atoms. The molecule has 0 aliphatic rings. The second-order valence-electron chi connectivity index (χ2n) is 4.27. The molecule has 2 aromatic carbocycles. The largest absolute Gasteiger partial charge is 0.480 e. The molecular formula is C15H11BrClNO3. The van der Waals surface area contributed by atoms with Gasteiger partial charge in [-0.25, -0.2) is 0 Å². The molecule has 2 aromatic rings. The highest BCUT2D eigenvalue weighted by Gasteiger charge is 2.20. The van der Waals surface area contributed by atoms with Crippen LogP contribution in [0.2, 0.25) is 5.02 Å². The number of hydrogen-bond donors (Lipinski definition) is 1. The number of hydrogen-bond acceptors (Lipinski definition) is 2. The summed E-state index contributed by atoms with van der Waals surface area (Å²) in [6, 6.07) is 13.2. The van der Waals surface area contributed by atoms with Crippen LogP contribution in [0.3, 0.4) is 0 Å². The van der Waals surface area contributed by atoms with Gasteiger partial charge in [0.05, 0.1) is 0 Å². The SMILES string of the molecule is O=C(O)CN(C(=O)c1ccc(Br)cc1)c1ccc(Cl)cc1. The van der Waals surface area contributed by atoms with E-state index in [2.05, 4.69) is 15.9 Å². The van der Waals surface area contributed by atoms with E-state index < -0.39 is 12.5 Å². The number of carboxylic acid groups (broad SMARTS) is 1. The quantitative estimate of drug-likeness (QED) is 0.892. The van der Waals surface area contributed by atoms with Crippen molar-refractivity contribution in [1.82, 2.24) is 0 Å².